The number of aryl methyl sites for hydroxylation is 1. The molecule has 4 nitrogen and oxygen atoms in total. The van der Waals surface area contributed by atoms with Gasteiger partial charge in [0, 0.05) is 24.1 Å². The minimum absolute atomic E-state index is 0. The van der Waals surface area contributed by atoms with Crippen LogP contribution in [0.15, 0.2) is 63.7 Å². The van der Waals surface area contributed by atoms with Crippen molar-refractivity contribution in [3.8, 4) is 0 Å². The maximum Gasteiger partial charge on any atom is 0.271 e. The van der Waals surface area contributed by atoms with Crippen LogP contribution in [0.2, 0.25) is 5.02 Å². The van der Waals surface area contributed by atoms with Gasteiger partial charge >= 0.3 is 0 Å². The summed E-state index contributed by atoms with van der Waals surface area (Å²) in [5, 5.41) is 4.93. The van der Waals surface area contributed by atoms with Crippen molar-refractivity contribution < 1.29 is 17.0 Å². The molecule has 0 saturated heterocycles. The fourth-order valence-electron chi connectivity index (χ4n) is 4.06. The van der Waals surface area contributed by atoms with Crippen LogP contribution >= 0.6 is 46.0 Å². The van der Waals surface area contributed by atoms with E-state index >= 15 is 0 Å². The third kappa shape index (κ3) is 4.98. The maximum absolute atomic E-state index is 13.4. The molecule has 2 aromatic carbocycles. The summed E-state index contributed by atoms with van der Waals surface area (Å²) in [7, 11) is 2.05. The molecule has 0 atom stereocenters. The van der Waals surface area contributed by atoms with Gasteiger partial charge in [-0.05, 0) is 37.1 Å². The van der Waals surface area contributed by atoms with Crippen LogP contribution in [0.5, 0.6) is 0 Å². The van der Waals surface area contributed by atoms with Gasteiger partial charge in [-0.2, -0.15) is 4.57 Å². The number of benzene rings is 2. The lowest BCUT2D eigenvalue weighted by Crippen LogP contribution is -3.00. The van der Waals surface area contributed by atoms with Crippen LogP contribution in [-0.2, 0) is 19.5 Å². The Morgan fingerprint density at radius 3 is 2.69 bits per heavy atom. The molecule has 35 heavy (non-hydrogen) atoms. The second kappa shape index (κ2) is 10.9. The first-order valence-corrected chi connectivity index (χ1v) is 14.1. The molecule has 9 heteroatoms. The summed E-state index contributed by atoms with van der Waals surface area (Å²) in [5.41, 5.74) is 3.62. The zero-order valence-electron chi connectivity index (χ0n) is 19.6. The number of anilines is 1. The minimum atomic E-state index is 0. The van der Waals surface area contributed by atoms with Crippen LogP contribution in [0.25, 0.3) is 11.1 Å². The van der Waals surface area contributed by atoms with Gasteiger partial charge in [0.05, 0.1) is 22.2 Å². The Hall–Kier alpha value is -2.03. The lowest BCUT2D eigenvalue weighted by molar-refractivity contribution is -0.685. The Morgan fingerprint density at radius 2 is 1.94 bits per heavy atom. The SMILES string of the molecule is CCc1ccc2c(c1)S/C(=c1/s/c(=C\c3scc[n+]3Cc3ccccc3Cl)n(CC)c1=O)N2C.[Cl-]. The molecule has 0 saturated carbocycles. The van der Waals surface area contributed by atoms with Crippen LogP contribution < -0.4 is 36.6 Å². The lowest BCUT2D eigenvalue weighted by Gasteiger charge is -2.12. The number of fused-ring (bicyclic) bond motifs is 1. The highest BCUT2D eigenvalue weighted by Gasteiger charge is 2.25. The molecule has 1 aliphatic rings. The number of rotatable bonds is 5. The summed E-state index contributed by atoms with van der Waals surface area (Å²) in [6, 6.07) is 14.5. The van der Waals surface area contributed by atoms with E-state index < -0.39 is 0 Å². The Kier molecular flexibility index (Phi) is 8.13. The standard InChI is InChI=1S/C26H25ClN3OS3.ClH/c1-4-17-10-11-20-21(14-17)33-26(28(20)3)24-25(31)30(5-2)23(34-24)15-22-29(12-13-32-22)16-18-8-6-7-9-19(18)27;/h6-15H,4-5,16H2,1-3H3;1H/q+1;/p-1/b26-24+;. The van der Waals surface area contributed by atoms with Crippen molar-refractivity contribution >= 4 is 62.8 Å². The quantitative estimate of drug-likeness (QED) is 0.347. The van der Waals surface area contributed by atoms with E-state index in [-0.39, 0.29) is 18.0 Å². The monoisotopic (exact) mass is 561 g/mol. The highest BCUT2D eigenvalue weighted by atomic mass is 35.5. The van der Waals surface area contributed by atoms with E-state index in [1.165, 1.54) is 10.5 Å². The van der Waals surface area contributed by atoms with Crippen molar-refractivity contribution in [2.24, 2.45) is 0 Å². The first-order valence-electron chi connectivity index (χ1n) is 11.2. The molecule has 2 aromatic heterocycles. The molecule has 182 valence electrons. The van der Waals surface area contributed by atoms with Crippen LogP contribution in [0.4, 0.5) is 5.69 Å². The third-order valence-corrected chi connectivity index (χ3v) is 9.67. The van der Waals surface area contributed by atoms with Crippen molar-refractivity contribution in [1.82, 2.24) is 4.57 Å². The fourth-order valence-corrected chi connectivity index (χ4v) is 7.64. The van der Waals surface area contributed by atoms with Crippen molar-refractivity contribution in [2.75, 3.05) is 11.9 Å². The molecule has 0 aliphatic carbocycles. The average Bonchev–Trinajstić information content (AvgIpc) is 3.51. The van der Waals surface area contributed by atoms with Crippen LogP contribution in [0.3, 0.4) is 0 Å². The molecule has 4 aromatic rings. The molecule has 0 amide bonds. The number of halogens is 2. The minimum Gasteiger partial charge on any atom is -1.00 e. The first kappa shape index (κ1) is 26.0. The molecule has 5 rings (SSSR count). The number of nitrogens with zero attached hydrogens (tertiary/aromatic N) is 3. The van der Waals surface area contributed by atoms with Crippen molar-refractivity contribution in [1.29, 1.82) is 0 Å². The van der Waals surface area contributed by atoms with Gasteiger partial charge in [0.15, 0.2) is 12.7 Å². The van der Waals surface area contributed by atoms with Gasteiger partial charge < -0.3 is 17.3 Å². The summed E-state index contributed by atoms with van der Waals surface area (Å²) >= 11 is 11.3. The molecule has 0 N–H and O–H groups in total. The second-order valence-corrected chi connectivity index (χ2v) is 11.4. The van der Waals surface area contributed by atoms with Crippen LogP contribution in [0, 0.1) is 0 Å². The molecular weight excluding hydrogens is 537 g/mol. The Balaban J connectivity index is 0.00000289. The topological polar surface area (TPSA) is 29.1 Å². The molecule has 1 aliphatic heterocycles. The third-order valence-electron chi connectivity index (χ3n) is 5.99. The normalized spacial score (nSPS) is 14.9. The maximum atomic E-state index is 13.4. The van der Waals surface area contributed by atoms with Gasteiger partial charge in [-0.3, -0.25) is 9.36 Å². The second-order valence-electron chi connectivity index (χ2n) is 8.05. The van der Waals surface area contributed by atoms with Gasteiger partial charge in [0.1, 0.15) is 14.2 Å². The van der Waals surface area contributed by atoms with E-state index in [2.05, 4.69) is 59.3 Å². The first-order chi connectivity index (χ1) is 16.5. The number of thiazole rings is 2. The van der Waals surface area contributed by atoms with Crippen LogP contribution in [0.1, 0.15) is 30.0 Å². The molecule has 0 unspecified atom stereocenters. The molecular formula is C26H25Cl2N3OS3. The zero-order valence-corrected chi connectivity index (χ0v) is 23.6. The van der Waals surface area contributed by atoms with Crippen molar-refractivity contribution in [3.63, 3.8) is 0 Å². The molecule has 0 radical (unpaired) electrons. The van der Waals surface area contributed by atoms with Gasteiger partial charge in [0.2, 0.25) is 0 Å². The highest BCUT2D eigenvalue weighted by molar-refractivity contribution is 8.08. The van der Waals surface area contributed by atoms with E-state index in [1.54, 1.807) is 34.4 Å². The summed E-state index contributed by atoms with van der Waals surface area (Å²) in [5.74, 6) is 0. The number of hydrogen-bond acceptors (Lipinski definition) is 5. The number of aromatic nitrogens is 2. The highest BCUT2D eigenvalue weighted by Crippen LogP contribution is 2.45. The molecule has 0 spiro atoms. The Morgan fingerprint density at radius 1 is 1.14 bits per heavy atom. The smallest absolute Gasteiger partial charge is 0.271 e. The Bertz CT molecular complexity index is 1550. The van der Waals surface area contributed by atoms with Crippen molar-refractivity contribution in [2.45, 2.75) is 38.3 Å². The van der Waals surface area contributed by atoms with Crippen molar-refractivity contribution in [3.05, 3.63) is 94.7 Å². The van der Waals surface area contributed by atoms with E-state index in [1.807, 2.05) is 35.8 Å². The van der Waals surface area contributed by atoms with E-state index in [9.17, 15) is 4.79 Å². The summed E-state index contributed by atoms with van der Waals surface area (Å²) < 4.78 is 5.82. The lowest BCUT2D eigenvalue weighted by atomic mass is 10.1. The summed E-state index contributed by atoms with van der Waals surface area (Å²) in [6.07, 6.45) is 5.20. The Labute approximate surface area is 228 Å². The van der Waals surface area contributed by atoms with Crippen LogP contribution in [-0.4, -0.2) is 11.6 Å². The fraction of sp³-hybridized carbons (Fsp3) is 0.231. The summed E-state index contributed by atoms with van der Waals surface area (Å²) in [6.45, 7) is 5.51. The molecule has 3 heterocycles. The largest absolute Gasteiger partial charge is 1.00 e. The van der Waals surface area contributed by atoms with Gasteiger partial charge in [-0.25, -0.2) is 0 Å². The summed E-state index contributed by atoms with van der Waals surface area (Å²) in [4.78, 5) is 16.8. The van der Waals surface area contributed by atoms with Gasteiger partial charge in [0.25, 0.3) is 10.6 Å². The molecule has 0 fully saturated rings. The number of thioether (sulfide) groups is 1. The van der Waals surface area contributed by atoms with E-state index in [0.717, 1.165) is 41.9 Å². The number of hydrogen-bond donors (Lipinski definition) is 0. The van der Waals surface area contributed by atoms with Gasteiger partial charge in [-0.15, -0.1) is 11.3 Å². The predicted molar refractivity (Wildman–Crippen MR) is 146 cm³/mol. The molecule has 0 bridgehead atoms. The predicted octanol–water partition coefficient (Wildman–Crippen LogP) is 1.68. The zero-order chi connectivity index (χ0) is 23.8. The van der Waals surface area contributed by atoms with Gasteiger partial charge in [-0.1, -0.05) is 65.9 Å². The van der Waals surface area contributed by atoms with E-state index in [0.29, 0.717) is 13.1 Å². The average molecular weight is 563 g/mol. The van der Waals surface area contributed by atoms with E-state index in [4.69, 9.17) is 11.6 Å².